The molecule has 1 aromatic rings. The molecule has 110 valence electrons. The third-order valence-corrected chi connectivity index (χ3v) is 5.82. The fraction of sp³-hybridized carbons (Fsp3) is 0.588. The van der Waals surface area contributed by atoms with Crippen LogP contribution in [0.5, 0.6) is 0 Å². The molecule has 0 radical (unpaired) electrons. The number of hydrogen-bond donors (Lipinski definition) is 1. The second-order valence-electron chi connectivity index (χ2n) is 6.51. The first-order chi connectivity index (χ1) is 9.50. The van der Waals surface area contributed by atoms with Crippen LogP contribution in [-0.2, 0) is 10.2 Å². The maximum Gasteiger partial charge on any atom is 0.230 e. The molecule has 20 heavy (non-hydrogen) atoms. The van der Waals surface area contributed by atoms with Crippen LogP contribution < -0.4 is 5.32 Å². The number of nitrogens with one attached hydrogen (secondary N) is 1. The zero-order valence-corrected chi connectivity index (χ0v) is 14.0. The van der Waals surface area contributed by atoms with Crippen molar-refractivity contribution in [2.75, 3.05) is 11.9 Å². The third kappa shape index (κ3) is 3.25. The number of amides is 1. The van der Waals surface area contributed by atoms with E-state index in [9.17, 15) is 4.79 Å². The lowest BCUT2D eigenvalue weighted by atomic mass is 9.82. The van der Waals surface area contributed by atoms with Crippen molar-refractivity contribution >= 4 is 21.8 Å². The number of halogens is 1. The number of carbonyl (C=O) groups excluding carboxylic acids is 1. The molecule has 1 fully saturated rings. The van der Waals surface area contributed by atoms with E-state index in [4.69, 9.17) is 0 Å². The Labute approximate surface area is 130 Å². The molecule has 0 aromatic heterocycles. The molecule has 1 saturated carbocycles. The van der Waals surface area contributed by atoms with Crippen LogP contribution in [-0.4, -0.2) is 17.8 Å². The lowest BCUT2D eigenvalue weighted by Crippen LogP contribution is -2.45. The van der Waals surface area contributed by atoms with Crippen molar-refractivity contribution in [2.45, 2.75) is 44.9 Å². The van der Waals surface area contributed by atoms with Gasteiger partial charge in [-0.25, -0.2) is 0 Å². The van der Waals surface area contributed by atoms with Crippen LogP contribution in [0.1, 0.15) is 45.1 Å². The van der Waals surface area contributed by atoms with Gasteiger partial charge in [0.05, 0.1) is 5.41 Å². The zero-order valence-electron chi connectivity index (χ0n) is 12.4. The molecule has 1 aromatic carbocycles. The average molecular weight is 338 g/mol. The molecule has 2 rings (SSSR count). The minimum absolute atomic E-state index is 0.121. The Morgan fingerprint density at radius 1 is 1.25 bits per heavy atom. The summed E-state index contributed by atoms with van der Waals surface area (Å²) < 4.78 is 0. The second kappa shape index (κ2) is 6.30. The molecule has 0 saturated heterocycles. The van der Waals surface area contributed by atoms with Gasteiger partial charge < -0.3 is 5.32 Å². The highest BCUT2D eigenvalue weighted by molar-refractivity contribution is 9.09. The molecule has 0 heterocycles. The molecule has 0 atom stereocenters. The molecule has 1 aliphatic carbocycles. The second-order valence-corrected chi connectivity index (χ2v) is 7.08. The van der Waals surface area contributed by atoms with E-state index in [1.54, 1.807) is 0 Å². The maximum atomic E-state index is 12.6. The molecule has 3 heteroatoms. The van der Waals surface area contributed by atoms with E-state index in [-0.39, 0.29) is 11.3 Å². The largest absolute Gasteiger partial charge is 0.355 e. The lowest BCUT2D eigenvalue weighted by molar-refractivity contribution is -0.126. The van der Waals surface area contributed by atoms with Crippen molar-refractivity contribution in [3.63, 3.8) is 0 Å². The van der Waals surface area contributed by atoms with Gasteiger partial charge in [0.15, 0.2) is 0 Å². The third-order valence-electron chi connectivity index (χ3n) is 4.63. The van der Waals surface area contributed by atoms with Crippen molar-refractivity contribution < 1.29 is 4.79 Å². The lowest BCUT2D eigenvalue weighted by Gasteiger charge is -2.30. The molecule has 0 unspecified atom stereocenters. The van der Waals surface area contributed by atoms with Crippen molar-refractivity contribution in [1.82, 2.24) is 5.32 Å². The summed E-state index contributed by atoms with van der Waals surface area (Å²) in [6.07, 6.45) is 4.99. The van der Waals surface area contributed by atoms with Gasteiger partial charge in [-0.05, 0) is 37.7 Å². The van der Waals surface area contributed by atoms with Crippen molar-refractivity contribution in [3.05, 3.63) is 35.9 Å². The Balaban J connectivity index is 2.01. The van der Waals surface area contributed by atoms with E-state index in [0.29, 0.717) is 0 Å². The van der Waals surface area contributed by atoms with Gasteiger partial charge in [0.25, 0.3) is 0 Å². The summed E-state index contributed by atoms with van der Waals surface area (Å²) in [6.45, 7) is 4.77. The molecule has 1 amide bonds. The predicted octanol–water partition coefficient (Wildman–Crippen LogP) is 4.04. The van der Waals surface area contributed by atoms with E-state index in [2.05, 4.69) is 21.2 Å². The number of hydrogen-bond acceptors (Lipinski definition) is 1. The normalized spacial score (nSPS) is 17.9. The van der Waals surface area contributed by atoms with Gasteiger partial charge in [0.2, 0.25) is 5.91 Å². The van der Waals surface area contributed by atoms with Crippen molar-refractivity contribution in [1.29, 1.82) is 0 Å². The van der Waals surface area contributed by atoms with Gasteiger partial charge in [-0.1, -0.05) is 59.1 Å². The smallest absolute Gasteiger partial charge is 0.230 e. The topological polar surface area (TPSA) is 29.1 Å². The van der Waals surface area contributed by atoms with Crippen LogP contribution in [0.15, 0.2) is 30.3 Å². The number of alkyl halides is 1. The predicted molar refractivity (Wildman–Crippen MR) is 87.2 cm³/mol. The van der Waals surface area contributed by atoms with Gasteiger partial charge in [-0.2, -0.15) is 0 Å². The molecule has 2 nitrogen and oxygen atoms in total. The molecular weight excluding hydrogens is 314 g/mol. The van der Waals surface area contributed by atoms with Crippen molar-refractivity contribution in [2.24, 2.45) is 5.41 Å². The highest BCUT2D eigenvalue weighted by Crippen LogP contribution is 2.39. The van der Waals surface area contributed by atoms with E-state index >= 15 is 0 Å². The van der Waals surface area contributed by atoms with E-state index in [1.807, 2.05) is 44.2 Å². The van der Waals surface area contributed by atoms with Gasteiger partial charge in [0, 0.05) is 11.9 Å². The molecule has 0 spiro atoms. The summed E-state index contributed by atoms with van der Waals surface area (Å²) in [4.78, 5) is 12.6. The Morgan fingerprint density at radius 2 is 1.85 bits per heavy atom. The highest BCUT2D eigenvalue weighted by atomic mass is 79.9. The summed E-state index contributed by atoms with van der Waals surface area (Å²) in [5, 5.41) is 4.16. The SMILES string of the molecule is CC(C)(C(=O)NCC1(CBr)CCCC1)c1ccccc1. The molecule has 1 N–H and O–H groups in total. The summed E-state index contributed by atoms with van der Waals surface area (Å²) in [5.74, 6) is 0.121. The zero-order chi connectivity index (χ0) is 14.6. The van der Waals surface area contributed by atoms with Crippen LogP contribution >= 0.6 is 15.9 Å². The average Bonchev–Trinajstić information content (AvgIpc) is 2.95. The van der Waals surface area contributed by atoms with E-state index in [1.165, 1.54) is 25.7 Å². The highest BCUT2D eigenvalue weighted by Gasteiger charge is 2.35. The van der Waals surface area contributed by atoms with Crippen LogP contribution in [0.3, 0.4) is 0 Å². The molecular formula is C17H24BrNO. The molecule has 1 aliphatic rings. The fourth-order valence-corrected chi connectivity index (χ4v) is 3.72. The monoisotopic (exact) mass is 337 g/mol. The Morgan fingerprint density at radius 3 is 2.40 bits per heavy atom. The standard InChI is InChI=1S/C17H24BrNO/c1-16(2,14-8-4-3-5-9-14)15(20)19-13-17(12-18)10-6-7-11-17/h3-5,8-9H,6-7,10-13H2,1-2H3,(H,19,20). The molecule has 0 bridgehead atoms. The van der Waals surface area contributed by atoms with E-state index < -0.39 is 5.41 Å². The first-order valence-corrected chi connectivity index (χ1v) is 8.52. The maximum absolute atomic E-state index is 12.6. The van der Waals surface area contributed by atoms with Gasteiger partial charge in [-0.3, -0.25) is 4.79 Å². The summed E-state index contributed by atoms with van der Waals surface area (Å²) in [6, 6.07) is 10.0. The first kappa shape index (κ1) is 15.6. The molecule has 0 aliphatic heterocycles. The summed E-state index contributed by atoms with van der Waals surface area (Å²) >= 11 is 3.63. The Kier molecular flexibility index (Phi) is 4.90. The van der Waals surface area contributed by atoms with Gasteiger partial charge in [-0.15, -0.1) is 0 Å². The number of rotatable bonds is 5. The minimum atomic E-state index is -0.479. The van der Waals surface area contributed by atoms with E-state index in [0.717, 1.165) is 17.4 Å². The minimum Gasteiger partial charge on any atom is -0.355 e. The summed E-state index contributed by atoms with van der Waals surface area (Å²) in [5.41, 5.74) is 0.854. The van der Waals surface area contributed by atoms with Crippen molar-refractivity contribution in [3.8, 4) is 0 Å². The Hall–Kier alpha value is -0.830. The Bertz CT molecular complexity index is 449. The van der Waals surface area contributed by atoms with Gasteiger partial charge in [0.1, 0.15) is 0 Å². The fourth-order valence-electron chi connectivity index (χ4n) is 2.96. The van der Waals surface area contributed by atoms with Gasteiger partial charge >= 0.3 is 0 Å². The summed E-state index contributed by atoms with van der Waals surface area (Å²) in [7, 11) is 0. The quantitative estimate of drug-likeness (QED) is 0.807. The van der Waals surface area contributed by atoms with Crippen LogP contribution in [0.4, 0.5) is 0 Å². The first-order valence-electron chi connectivity index (χ1n) is 7.40. The number of carbonyl (C=O) groups is 1. The van der Waals surface area contributed by atoms with Crippen LogP contribution in [0.25, 0.3) is 0 Å². The number of benzene rings is 1. The van der Waals surface area contributed by atoms with Crippen LogP contribution in [0.2, 0.25) is 0 Å². The van der Waals surface area contributed by atoms with Crippen LogP contribution in [0, 0.1) is 5.41 Å².